The number of benzene rings is 1. The van der Waals surface area contributed by atoms with Gasteiger partial charge in [-0.05, 0) is 17.7 Å². The number of rotatable bonds is 5. The van der Waals surface area contributed by atoms with Crippen molar-refractivity contribution in [2.24, 2.45) is 0 Å². The third-order valence-electron chi connectivity index (χ3n) is 1.76. The van der Waals surface area contributed by atoms with Gasteiger partial charge in [0.15, 0.2) is 11.6 Å². The van der Waals surface area contributed by atoms with Crippen LogP contribution in [0.3, 0.4) is 0 Å². The monoisotopic (exact) mass is 316 g/mol. The fourth-order valence-corrected chi connectivity index (χ4v) is 1.40. The SMILES string of the molecule is Fc1cc(CBr)ccc1OCCOC(F)(F)F. The predicted molar refractivity (Wildman–Crippen MR) is 56.5 cm³/mol. The zero-order valence-electron chi connectivity index (χ0n) is 8.56. The van der Waals surface area contributed by atoms with E-state index in [0.29, 0.717) is 10.9 Å². The summed E-state index contributed by atoms with van der Waals surface area (Å²) in [5.41, 5.74) is 0.710. The summed E-state index contributed by atoms with van der Waals surface area (Å²) in [6.07, 6.45) is -4.69. The van der Waals surface area contributed by atoms with Gasteiger partial charge in [-0.25, -0.2) is 4.39 Å². The summed E-state index contributed by atoms with van der Waals surface area (Å²) >= 11 is 3.15. The van der Waals surface area contributed by atoms with Gasteiger partial charge in [0.05, 0.1) is 6.61 Å². The summed E-state index contributed by atoms with van der Waals surface area (Å²) in [5, 5.41) is 0.487. The van der Waals surface area contributed by atoms with Gasteiger partial charge < -0.3 is 4.74 Å². The normalized spacial score (nSPS) is 11.6. The molecule has 0 aromatic heterocycles. The molecule has 0 aliphatic heterocycles. The lowest BCUT2D eigenvalue weighted by Crippen LogP contribution is -2.18. The predicted octanol–water partition coefficient (Wildman–Crippen LogP) is 3.64. The maximum absolute atomic E-state index is 13.3. The molecule has 1 rings (SSSR count). The highest BCUT2D eigenvalue weighted by molar-refractivity contribution is 9.08. The van der Waals surface area contributed by atoms with E-state index in [1.807, 2.05) is 0 Å². The zero-order valence-corrected chi connectivity index (χ0v) is 10.1. The van der Waals surface area contributed by atoms with Crippen molar-refractivity contribution in [2.45, 2.75) is 11.7 Å². The van der Waals surface area contributed by atoms with Crippen molar-refractivity contribution in [3.63, 3.8) is 0 Å². The van der Waals surface area contributed by atoms with Gasteiger partial charge in [-0.1, -0.05) is 22.0 Å². The molecular formula is C10H9BrF4O2. The Kier molecular flexibility index (Phi) is 5.20. The van der Waals surface area contributed by atoms with Crippen LogP contribution in [0.15, 0.2) is 18.2 Å². The van der Waals surface area contributed by atoms with Gasteiger partial charge in [0, 0.05) is 5.33 Å². The number of alkyl halides is 4. The van der Waals surface area contributed by atoms with Gasteiger partial charge in [-0.3, -0.25) is 4.74 Å². The Bertz CT molecular complexity index is 368. The summed E-state index contributed by atoms with van der Waals surface area (Å²) in [4.78, 5) is 0. The lowest BCUT2D eigenvalue weighted by atomic mass is 10.2. The molecule has 17 heavy (non-hydrogen) atoms. The van der Waals surface area contributed by atoms with E-state index >= 15 is 0 Å². The van der Waals surface area contributed by atoms with Gasteiger partial charge in [0.2, 0.25) is 0 Å². The summed E-state index contributed by atoms with van der Waals surface area (Å²) in [5.74, 6) is -0.713. The first-order valence-corrected chi connectivity index (χ1v) is 5.72. The van der Waals surface area contributed by atoms with Crippen molar-refractivity contribution < 1.29 is 27.0 Å². The molecule has 0 amide bonds. The van der Waals surface area contributed by atoms with Crippen molar-refractivity contribution >= 4 is 15.9 Å². The van der Waals surface area contributed by atoms with Crippen molar-refractivity contribution in [2.75, 3.05) is 13.2 Å². The zero-order chi connectivity index (χ0) is 12.9. The van der Waals surface area contributed by atoms with Crippen LogP contribution in [0.1, 0.15) is 5.56 Å². The van der Waals surface area contributed by atoms with E-state index in [0.717, 1.165) is 0 Å². The summed E-state index contributed by atoms with van der Waals surface area (Å²) in [6, 6.07) is 4.21. The highest BCUT2D eigenvalue weighted by Gasteiger charge is 2.28. The van der Waals surface area contributed by atoms with Crippen LogP contribution < -0.4 is 4.74 Å². The number of hydrogen-bond acceptors (Lipinski definition) is 2. The molecule has 0 saturated heterocycles. The second kappa shape index (κ2) is 6.20. The highest BCUT2D eigenvalue weighted by Crippen LogP contribution is 2.20. The summed E-state index contributed by atoms with van der Waals surface area (Å²) in [7, 11) is 0. The molecule has 2 nitrogen and oxygen atoms in total. The average molecular weight is 317 g/mol. The van der Waals surface area contributed by atoms with Gasteiger partial charge in [-0.15, -0.1) is 13.2 Å². The van der Waals surface area contributed by atoms with Gasteiger partial charge in [0.25, 0.3) is 0 Å². The molecule has 0 fully saturated rings. The van der Waals surface area contributed by atoms with E-state index in [4.69, 9.17) is 4.74 Å². The molecule has 7 heteroatoms. The molecule has 0 N–H and O–H groups in total. The maximum Gasteiger partial charge on any atom is 0.522 e. The lowest BCUT2D eigenvalue weighted by molar-refractivity contribution is -0.325. The van der Waals surface area contributed by atoms with Crippen LogP contribution in [0.5, 0.6) is 5.75 Å². The minimum Gasteiger partial charge on any atom is -0.488 e. The Balaban J connectivity index is 2.42. The van der Waals surface area contributed by atoms with Crippen LogP contribution in [-0.2, 0) is 10.1 Å². The minimum atomic E-state index is -4.69. The van der Waals surface area contributed by atoms with E-state index < -0.39 is 18.8 Å². The second-order valence-electron chi connectivity index (χ2n) is 3.04. The molecule has 0 aliphatic carbocycles. The fraction of sp³-hybridized carbons (Fsp3) is 0.400. The largest absolute Gasteiger partial charge is 0.522 e. The van der Waals surface area contributed by atoms with E-state index in [-0.39, 0.29) is 12.4 Å². The number of hydrogen-bond donors (Lipinski definition) is 0. The molecule has 0 spiro atoms. The van der Waals surface area contributed by atoms with Crippen LogP contribution in [0.4, 0.5) is 17.6 Å². The Hall–Kier alpha value is -0.820. The Morgan fingerprint density at radius 2 is 1.88 bits per heavy atom. The smallest absolute Gasteiger partial charge is 0.488 e. The van der Waals surface area contributed by atoms with Crippen LogP contribution in [0.25, 0.3) is 0 Å². The highest BCUT2D eigenvalue weighted by atomic mass is 79.9. The van der Waals surface area contributed by atoms with Gasteiger partial charge >= 0.3 is 6.36 Å². The van der Waals surface area contributed by atoms with E-state index in [1.165, 1.54) is 12.1 Å². The van der Waals surface area contributed by atoms with Crippen molar-refractivity contribution in [3.8, 4) is 5.75 Å². The molecule has 0 saturated carbocycles. The molecule has 1 aromatic carbocycles. The molecule has 0 heterocycles. The first-order valence-electron chi connectivity index (χ1n) is 4.60. The quantitative estimate of drug-likeness (QED) is 0.469. The number of ether oxygens (including phenoxy) is 2. The van der Waals surface area contributed by atoms with Crippen LogP contribution in [0.2, 0.25) is 0 Å². The van der Waals surface area contributed by atoms with E-state index in [1.54, 1.807) is 6.07 Å². The summed E-state index contributed by atoms with van der Waals surface area (Å²) in [6.45, 7) is -1.05. The van der Waals surface area contributed by atoms with E-state index in [2.05, 4.69) is 20.7 Å². The third kappa shape index (κ3) is 5.36. The first-order chi connectivity index (χ1) is 7.92. The Morgan fingerprint density at radius 3 is 2.41 bits per heavy atom. The van der Waals surface area contributed by atoms with Crippen LogP contribution >= 0.6 is 15.9 Å². The van der Waals surface area contributed by atoms with Gasteiger partial charge in [-0.2, -0.15) is 0 Å². The molecule has 0 aliphatic rings. The van der Waals surface area contributed by atoms with Crippen LogP contribution in [-0.4, -0.2) is 19.6 Å². The molecule has 0 radical (unpaired) electrons. The van der Waals surface area contributed by atoms with Crippen molar-refractivity contribution in [1.82, 2.24) is 0 Å². The lowest BCUT2D eigenvalue weighted by Gasteiger charge is -2.09. The fourth-order valence-electron chi connectivity index (χ4n) is 1.05. The standard InChI is InChI=1S/C10H9BrF4O2/c11-6-7-1-2-9(8(12)5-7)16-3-4-17-10(13,14)15/h1-2,5H,3-4,6H2. The molecule has 96 valence electrons. The maximum atomic E-state index is 13.3. The first kappa shape index (κ1) is 14.2. The third-order valence-corrected chi connectivity index (χ3v) is 2.40. The Labute approximate surface area is 104 Å². The van der Waals surface area contributed by atoms with Crippen LogP contribution in [0, 0.1) is 5.82 Å². The average Bonchev–Trinajstić information content (AvgIpc) is 2.24. The van der Waals surface area contributed by atoms with Crippen molar-refractivity contribution in [1.29, 1.82) is 0 Å². The minimum absolute atomic E-state index is 0.0968. The molecule has 1 aromatic rings. The molecule has 0 bridgehead atoms. The molecular weight excluding hydrogens is 308 g/mol. The number of halogens is 5. The molecule has 0 unspecified atom stereocenters. The Morgan fingerprint density at radius 1 is 1.18 bits per heavy atom. The second-order valence-corrected chi connectivity index (χ2v) is 3.60. The molecule has 0 atom stereocenters. The summed E-state index contributed by atoms with van der Waals surface area (Å²) < 4.78 is 56.4. The topological polar surface area (TPSA) is 18.5 Å². The van der Waals surface area contributed by atoms with Crippen molar-refractivity contribution in [3.05, 3.63) is 29.6 Å². The van der Waals surface area contributed by atoms with Gasteiger partial charge in [0.1, 0.15) is 6.61 Å². The van der Waals surface area contributed by atoms with E-state index in [9.17, 15) is 17.6 Å².